The van der Waals surface area contributed by atoms with Gasteiger partial charge < -0.3 is 10.6 Å². The average Bonchev–Trinajstić information content (AvgIpc) is 2.72. The van der Waals surface area contributed by atoms with Gasteiger partial charge >= 0.3 is 0 Å². The molecule has 2 nitrogen and oxygen atoms in total. The van der Waals surface area contributed by atoms with E-state index in [0.29, 0.717) is 0 Å². The molecule has 1 atom stereocenters. The molecule has 0 spiro atoms. The first kappa shape index (κ1) is 10.6. The summed E-state index contributed by atoms with van der Waals surface area (Å²) in [5.74, 6) is 0. The lowest BCUT2D eigenvalue weighted by molar-refractivity contribution is 0.694. The van der Waals surface area contributed by atoms with Crippen molar-refractivity contribution in [3.63, 3.8) is 0 Å². The molecule has 2 aromatic carbocycles. The van der Waals surface area contributed by atoms with E-state index in [1.54, 1.807) is 0 Å². The minimum atomic E-state index is 0.222. The van der Waals surface area contributed by atoms with Crippen LogP contribution in [0.15, 0.2) is 36.4 Å². The van der Waals surface area contributed by atoms with Gasteiger partial charge in [0.05, 0.1) is 0 Å². The van der Waals surface area contributed by atoms with Crippen molar-refractivity contribution >= 4 is 16.5 Å². The van der Waals surface area contributed by atoms with Gasteiger partial charge in [0, 0.05) is 30.2 Å². The van der Waals surface area contributed by atoms with Crippen molar-refractivity contribution in [1.82, 2.24) is 0 Å². The van der Waals surface area contributed by atoms with Gasteiger partial charge in [-0.3, -0.25) is 0 Å². The molecule has 1 aliphatic heterocycles. The predicted molar refractivity (Wildman–Crippen MR) is 73.5 cm³/mol. The third-order valence-corrected chi connectivity index (χ3v) is 3.46. The Labute approximate surface area is 102 Å². The van der Waals surface area contributed by atoms with Crippen LogP contribution in [-0.2, 0) is 6.42 Å². The first-order valence-electron chi connectivity index (χ1n) is 6.27. The second kappa shape index (κ2) is 4.04. The van der Waals surface area contributed by atoms with E-state index in [4.69, 9.17) is 5.73 Å². The molecule has 0 aromatic heterocycles. The highest BCUT2D eigenvalue weighted by molar-refractivity contribution is 5.96. The average molecular weight is 226 g/mol. The fourth-order valence-corrected chi connectivity index (χ4v) is 2.77. The normalized spacial score (nSPS) is 16.2. The van der Waals surface area contributed by atoms with Crippen molar-refractivity contribution in [2.75, 3.05) is 18.0 Å². The smallest absolute Gasteiger partial charge is 0.0479 e. The molecule has 2 N–H and O–H groups in total. The minimum Gasteiger partial charge on any atom is -0.369 e. The minimum absolute atomic E-state index is 0.222. The summed E-state index contributed by atoms with van der Waals surface area (Å²) in [6.45, 7) is 4.12. The summed E-state index contributed by atoms with van der Waals surface area (Å²) in [6.07, 6.45) is 1.15. The van der Waals surface area contributed by atoms with E-state index in [1.807, 2.05) is 0 Å². The molecule has 0 fully saturated rings. The third kappa shape index (κ3) is 1.79. The van der Waals surface area contributed by atoms with Crippen LogP contribution in [0.2, 0.25) is 0 Å². The van der Waals surface area contributed by atoms with Gasteiger partial charge in [-0.05, 0) is 24.3 Å². The highest BCUT2D eigenvalue weighted by Gasteiger charge is 2.21. The van der Waals surface area contributed by atoms with E-state index in [9.17, 15) is 0 Å². The summed E-state index contributed by atoms with van der Waals surface area (Å²) in [7, 11) is 0. The summed E-state index contributed by atoms with van der Waals surface area (Å²) in [6, 6.07) is 13.3. The summed E-state index contributed by atoms with van der Waals surface area (Å²) in [4.78, 5) is 2.43. The molecule has 17 heavy (non-hydrogen) atoms. The van der Waals surface area contributed by atoms with Crippen LogP contribution < -0.4 is 10.6 Å². The molecule has 2 aromatic rings. The van der Waals surface area contributed by atoms with Crippen LogP contribution in [0.5, 0.6) is 0 Å². The Balaban J connectivity index is 2.14. The summed E-state index contributed by atoms with van der Waals surface area (Å²) >= 11 is 0. The first-order valence-corrected chi connectivity index (χ1v) is 6.27. The highest BCUT2D eigenvalue weighted by Crippen LogP contribution is 2.35. The van der Waals surface area contributed by atoms with E-state index in [-0.39, 0.29) is 6.04 Å². The molecule has 1 aliphatic rings. The van der Waals surface area contributed by atoms with Crippen LogP contribution in [0.3, 0.4) is 0 Å². The maximum Gasteiger partial charge on any atom is 0.0479 e. The molecule has 0 amide bonds. The number of fused-ring (bicyclic) bond motifs is 3. The van der Waals surface area contributed by atoms with Crippen LogP contribution in [-0.4, -0.2) is 19.1 Å². The maximum absolute atomic E-state index is 5.93. The standard InChI is InChI=1S/C15H18N2/c1-11(16)10-17-9-8-13-7-6-12-4-2-3-5-14(12)15(13)17/h2-7,11H,8-10,16H2,1H3/t11-/m0/s1. The number of hydrogen-bond donors (Lipinski definition) is 1. The molecule has 1 heterocycles. The molecule has 0 unspecified atom stereocenters. The van der Waals surface area contributed by atoms with Gasteiger partial charge in [-0.15, -0.1) is 0 Å². The monoisotopic (exact) mass is 226 g/mol. The van der Waals surface area contributed by atoms with Gasteiger partial charge in [-0.25, -0.2) is 0 Å². The lowest BCUT2D eigenvalue weighted by Gasteiger charge is -2.23. The molecule has 0 saturated carbocycles. The summed E-state index contributed by atoms with van der Waals surface area (Å²) < 4.78 is 0. The zero-order chi connectivity index (χ0) is 11.8. The van der Waals surface area contributed by atoms with Gasteiger partial charge in [0.1, 0.15) is 0 Å². The van der Waals surface area contributed by atoms with Crippen LogP contribution >= 0.6 is 0 Å². The van der Waals surface area contributed by atoms with Gasteiger partial charge in [-0.2, -0.15) is 0 Å². The molecule has 2 heteroatoms. The van der Waals surface area contributed by atoms with Crippen molar-refractivity contribution in [1.29, 1.82) is 0 Å². The Morgan fingerprint density at radius 1 is 1.24 bits per heavy atom. The van der Waals surface area contributed by atoms with Crippen molar-refractivity contribution in [2.24, 2.45) is 5.73 Å². The molecule has 0 bridgehead atoms. The molecule has 3 rings (SSSR count). The van der Waals surface area contributed by atoms with Crippen molar-refractivity contribution in [2.45, 2.75) is 19.4 Å². The number of benzene rings is 2. The van der Waals surface area contributed by atoms with Crippen LogP contribution in [0, 0.1) is 0 Å². The van der Waals surface area contributed by atoms with Crippen molar-refractivity contribution < 1.29 is 0 Å². The van der Waals surface area contributed by atoms with Crippen LogP contribution in [0.1, 0.15) is 12.5 Å². The van der Waals surface area contributed by atoms with Gasteiger partial charge in [-0.1, -0.05) is 36.4 Å². The lowest BCUT2D eigenvalue weighted by atomic mass is 10.0. The third-order valence-electron chi connectivity index (χ3n) is 3.46. The van der Waals surface area contributed by atoms with Crippen LogP contribution in [0.4, 0.5) is 5.69 Å². The summed E-state index contributed by atoms with van der Waals surface area (Å²) in [5.41, 5.74) is 8.80. The second-order valence-electron chi connectivity index (χ2n) is 4.97. The lowest BCUT2D eigenvalue weighted by Crippen LogP contribution is -2.34. The number of hydrogen-bond acceptors (Lipinski definition) is 2. The fourth-order valence-electron chi connectivity index (χ4n) is 2.77. The van der Waals surface area contributed by atoms with Gasteiger partial charge in [0.25, 0.3) is 0 Å². The number of anilines is 1. The van der Waals surface area contributed by atoms with Crippen molar-refractivity contribution in [3.05, 3.63) is 42.0 Å². The Morgan fingerprint density at radius 2 is 2.06 bits per heavy atom. The molecular formula is C15H18N2. The molecular weight excluding hydrogens is 208 g/mol. The quantitative estimate of drug-likeness (QED) is 0.852. The Hall–Kier alpha value is -1.54. The van der Waals surface area contributed by atoms with E-state index < -0.39 is 0 Å². The van der Waals surface area contributed by atoms with Gasteiger partial charge in [0.15, 0.2) is 0 Å². The molecule has 0 saturated heterocycles. The van der Waals surface area contributed by atoms with E-state index in [2.05, 4.69) is 48.2 Å². The Morgan fingerprint density at radius 3 is 2.88 bits per heavy atom. The molecule has 88 valence electrons. The first-order chi connectivity index (χ1) is 8.25. The van der Waals surface area contributed by atoms with E-state index >= 15 is 0 Å². The number of rotatable bonds is 2. The molecule has 0 radical (unpaired) electrons. The van der Waals surface area contributed by atoms with Crippen molar-refractivity contribution in [3.8, 4) is 0 Å². The zero-order valence-electron chi connectivity index (χ0n) is 10.2. The second-order valence-corrected chi connectivity index (χ2v) is 4.97. The number of nitrogens with zero attached hydrogens (tertiary/aromatic N) is 1. The van der Waals surface area contributed by atoms with E-state index in [1.165, 1.54) is 22.0 Å². The zero-order valence-corrected chi connectivity index (χ0v) is 10.2. The summed E-state index contributed by atoms with van der Waals surface area (Å²) in [5, 5.41) is 2.69. The van der Waals surface area contributed by atoms with Crippen LogP contribution in [0.25, 0.3) is 10.8 Å². The topological polar surface area (TPSA) is 29.3 Å². The SMILES string of the molecule is C[C@H](N)CN1CCc2ccc3ccccc3c21. The Bertz CT molecular complexity index is 546. The predicted octanol–water partition coefficient (Wildman–Crippen LogP) is 2.55. The fraction of sp³-hybridized carbons (Fsp3) is 0.333. The maximum atomic E-state index is 5.93. The van der Waals surface area contributed by atoms with Gasteiger partial charge in [0.2, 0.25) is 0 Å². The Kier molecular flexibility index (Phi) is 2.52. The molecule has 0 aliphatic carbocycles. The number of nitrogens with two attached hydrogens (primary N) is 1. The highest BCUT2D eigenvalue weighted by atomic mass is 15.2. The van der Waals surface area contributed by atoms with E-state index in [0.717, 1.165) is 19.5 Å². The largest absolute Gasteiger partial charge is 0.369 e.